The van der Waals surface area contributed by atoms with Crippen LogP contribution in [-0.4, -0.2) is 79.3 Å². The summed E-state index contributed by atoms with van der Waals surface area (Å²) in [6.07, 6.45) is 0. The van der Waals surface area contributed by atoms with E-state index < -0.39 is 11.5 Å². The first kappa shape index (κ1) is 21.5. The molecule has 1 heterocycles. The number of phenolic OH excluding ortho intramolecular Hbond substituents is 1. The number of rotatable bonds is 12. The van der Waals surface area contributed by atoms with Gasteiger partial charge in [-0.05, 0) is 19.1 Å². The molecule has 0 saturated heterocycles. The molecule has 1 aromatic rings. The molecule has 0 fully saturated rings. The minimum Gasteiger partial charge on any atom is -0.507 e. The Morgan fingerprint density at radius 1 is 1.19 bits per heavy atom. The molecular weight excluding hydrogens is 374 g/mol. The summed E-state index contributed by atoms with van der Waals surface area (Å²) in [6, 6.07) is 4.87. The minimum absolute atomic E-state index is 0.000787. The van der Waals surface area contributed by atoms with Gasteiger partial charge in [-0.1, -0.05) is 0 Å². The SMILES string of the molecule is COCCOCCOCCOc1ccc(C2=N[C@@](C)(C(=O)O)CS2)c(O)c1. The van der Waals surface area contributed by atoms with Crippen molar-refractivity contribution in [3.8, 4) is 11.5 Å². The highest BCUT2D eigenvalue weighted by Crippen LogP contribution is 2.35. The van der Waals surface area contributed by atoms with E-state index in [2.05, 4.69) is 4.99 Å². The van der Waals surface area contributed by atoms with Gasteiger partial charge in [-0.15, -0.1) is 11.8 Å². The molecule has 2 rings (SSSR count). The Morgan fingerprint density at radius 2 is 1.85 bits per heavy atom. The lowest BCUT2D eigenvalue weighted by Gasteiger charge is -2.12. The molecule has 0 aromatic heterocycles. The first-order valence-electron chi connectivity index (χ1n) is 8.53. The van der Waals surface area contributed by atoms with Crippen LogP contribution in [0.15, 0.2) is 23.2 Å². The molecule has 0 bridgehead atoms. The normalized spacial score (nSPS) is 19.1. The van der Waals surface area contributed by atoms with Crippen LogP contribution in [0, 0.1) is 0 Å². The van der Waals surface area contributed by atoms with Crippen LogP contribution in [0.2, 0.25) is 0 Å². The maximum atomic E-state index is 11.3. The number of methoxy groups -OCH3 is 1. The number of benzene rings is 1. The summed E-state index contributed by atoms with van der Waals surface area (Å²) in [4.78, 5) is 15.5. The fourth-order valence-electron chi connectivity index (χ4n) is 2.21. The van der Waals surface area contributed by atoms with Gasteiger partial charge in [0, 0.05) is 24.5 Å². The van der Waals surface area contributed by atoms with E-state index in [0.29, 0.717) is 61.8 Å². The number of carboxylic acids is 1. The number of carbonyl (C=O) groups is 1. The zero-order valence-corrected chi connectivity index (χ0v) is 16.3. The molecule has 0 unspecified atom stereocenters. The van der Waals surface area contributed by atoms with Gasteiger partial charge < -0.3 is 29.2 Å². The molecule has 0 amide bonds. The third-order valence-corrected chi connectivity index (χ3v) is 5.09. The molecule has 0 saturated carbocycles. The lowest BCUT2D eigenvalue weighted by atomic mass is 10.1. The number of aliphatic carboxylic acids is 1. The first-order chi connectivity index (χ1) is 13.0. The molecule has 9 heteroatoms. The molecule has 1 aliphatic heterocycles. The van der Waals surface area contributed by atoms with Crippen LogP contribution in [0.3, 0.4) is 0 Å². The molecular formula is C18H25NO7S. The third-order valence-electron chi connectivity index (χ3n) is 3.80. The minimum atomic E-state index is -1.16. The number of ether oxygens (including phenoxy) is 4. The van der Waals surface area contributed by atoms with E-state index in [9.17, 15) is 15.0 Å². The highest BCUT2D eigenvalue weighted by atomic mass is 32.2. The van der Waals surface area contributed by atoms with Gasteiger partial charge in [0.25, 0.3) is 0 Å². The number of thioether (sulfide) groups is 1. The van der Waals surface area contributed by atoms with Crippen molar-refractivity contribution in [2.45, 2.75) is 12.5 Å². The molecule has 0 radical (unpaired) electrons. The van der Waals surface area contributed by atoms with Crippen molar-refractivity contribution in [2.75, 3.05) is 52.5 Å². The van der Waals surface area contributed by atoms with Gasteiger partial charge >= 0.3 is 5.97 Å². The number of aromatic hydroxyl groups is 1. The highest BCUT2D eigenvalue weighted by molar-refractivity contribution is 8.14. The number of hydrogen-bond acceptors (Lipinski definition) is 8. The van der Waals surface area contributed by atoms with E-state index in [4.69, 9.17) is 18.9 Å². The number of hydrogen-bond donors (Lipinski definition) is 2. The average Bonchev–Trinajstić information content (AvgIpc) is 3.04. The van der Waals surface area contributed by atoms with Crippen LogP contribution in [0.25, 0.3) is 0 Å². The van der Waals surface area contributed by atoms with Crippen LogP contribution in [0.5, 0.6) is 11.5 Å². The van der Waals surface area contributed by atoms with Crippen LogP contribution >= 0.6 is 11.8 Å². The predicted molar refractivity (Wildman–Crippen MR) is 102 cm³/mol. The summed E-state index contributed by atoms with van der Waals surface area (Å²) < 4.78 is 21.1. The first-order valence-corrected chi connectivity index (χ1v) is 9.51. The van der Waals surface area contributed by atoms with Crippen molar-refractivity contribution in [3.05, 3.63) is 23.8 Å². The monoisotopic (exact) mass is 399 g/mol. The summed E-state index contributed by atoms with van der Waals surface area (Å²) in [6.45, 7) is 4.36. The molecule has 0 spiro atoms. The third kappa shape index (κ3) is 6.39. The number of aliphatic imine (C=N–C) groups is 1. The molecule has 27 heavy (non-hydrogen) atoms. The lowest BCUT2D eigenvalue weighted by Crippen LogP contribution is -2.33. The van der Waals surface area contributed by atoms with E-state index in [1.807, 2.05) is 0 Å². The Balaban J connectivity index is 1.76. The molecule has 8 nitrogen and oxygen atoms in total. The van der Waals surface area contributed by atoms with E-state index in [1.165, 1.54) is 17.8 Å². The predicted octanol–water partition coefficient (Wildman–Crippen LogP) is 1.79. The molecule has 150 valence electrons. The van der Waals surface area contributed by atoms with E-state index in [0.717, 1.165) is 0 Å². The average molecular weight is 399 g/mol. The van der Waals surface area contributed by atoms with Crippen LogP contribution in [-0.2, 0) is 19.0 Å². The lowest BCUT2D eigenvalue weighted by molar-refractivity contribution is -0.141. The van der Waals surface area contributed by atoms with Crippen molar-refractivity contribution < 1.29 is 34.0 Å². The number of nitrogens with zero attached hydrogens (tertiary/aromatic N) is 1. The number of phenols is 1. The maximum Gasteiger partial charge on any atom is 0.332 e. The summed E-state index contributed by atoms with van der Waals surface area (Å²) in [7, 11) is 1.62. The second kappa shape index (κ2) is 10.5. The topological polar surface area (TPSA) is 107 Å². The Kier molecular flexibility index (Phi) is 8.36. The number of carboxylic acid groups (broad SMARTS) is 1. The quantitative estimate of drug-likeness (QED) is 0.512. The van der Waals surface area contributed by atoms with Gasteiger partial charge in [0.15, 0.2) is 5.54 Å². The van der Waals surface area contributed by atoms with Gasteiger partial charge in [-0.25, -0.2) is 4.79 Å². The van der Waals surface area contributed by atoms with Gasteiger partial charge in [0.2, 0.25) is 0 Å². The molecule has 1 aromatic carbocycles. The van der Waals surface area contributed by atoms with Crippen molar-refractivity contribution in [2.24, 2.45) is 4.99 Å². The van der Waals surface area contributed by atoms with Crippen LogP contribution in [0.4, 0.5) is 0 Å². The Hall–Kier alpha value is -1.81. The zero-order chi connectivity index (χ0) is 19.7. The van der Waals surface area contributed by atoms with Crippen molar-refractivity contribution in [1.82, 2.24) is 0 Å². The molecule has 0 aliphatic carbocycles. The molecule has 2 N–H and O–H groups in total. The molecule has 1 aliphatic rings. The summed E-state index contributed by atoms with van der Waals surface area (Å²) >= 11 is 1.31. The standard InChI is InChI=1S/C18H25NO7S/c1-18(17(21)22)12-27-16(19-18)14-4-3-13(11-15(14)20)26-10-9-25-8-7-24-6-5-23-2/h3-4,11,20H,5-10,12H2,1-2H3,(H,21,22)/t18-/m1/s1. The van der Waals surface area contributed by atoms with E-state index in [-0.39, 0.29) is 5.75 Å². The fraction of sp³-hybridized carbons (Fsp3) is 0.556. The van der Waals surface area contributed by atoms with Crippen molar-refractivity contribution in [1.29, 1.82) is 0 Å². The maximum absolute atomic E-state index is 11.3. The summed E-state index contributed by atoms with van der Waals surface area (Å²) in [5, 5.41) is 20.0. The van der Waals surface area contributed by atoms with E-state index >= 15 is 0 Å². The van der Waals surface area contributed by atoms with E-state index in [1.54, 1.807) is 26.2 Å². The summed E-state index contributed by atoms with van der Waals surface area (Å²) in [5.41, 5.74) is -0.659. The fourth-order valence-corrected chi connectivity index (χ4v) is 3.41. The van der Waals surface area contributed by atoms with Crippen molar-refractivity contribution in [3.63, 3.8) is 0 Å². The van der Waals surface area contributed by atoms with Gasteiger partial charge in [-0.2, -0.15) is 0 Å². The van der Waals surface area contributed by atoms with Crippen LogP contribution < -0.4 is 4.74 Å². The van der Waals surface area contributed by atoms with Gasteiger partial charge in [-0.3, -0.25) is 4.99 Å². The summed E-state index contributed by atoms with van der Waals surface area (Å²) in [5.74, 6) is -0.141. The second-order valence-corrected chi connectivity index (χ2v) is 6.99. The zero-order valence-electron chi connectivity index (χ0n) is 15.5. The van der Waals surface area contributed by atoms with Gasteiger partial charge in [0.1, 0.15) is 23.1 Å². The van der Waals surface area contributed by atoms with Gasteiger partial charge in [0.05, 0.1) is 33.0 Å². The Morgan fingerprint density at radius 3 is 2.44 bits per heavy atom. The molecule has 1 atom stereocenters. The highest BCUT2D eigenvalue weighted by Gasteiger charge is 2.38. The Bertz CT molecular complexity index is 667. The van der Waals surface area contributed by atoms with Crippen LogP contribution in [0.1, 0.15) is 12.5 Å². The largest absolute Gasteiger partial charge is 0.507 e. The Labute approximate surface area is 162 Å². The van der Waals surface area contributed by atoms with Crippen molar-refractivity contribution >= 4 is 22.8 Å². The second-order valence-electron chi connectivity index (χ2n) is 6.03. The smallest absolute Gasteiger partial charge is 0.332 e.